The number of carbonyl (C=O) groups excluding carboxylic acids is 1. The van der Waals surface area contributed by atoms with Gasteiger partial charge < -0.3 is 10.1 Å². The van der Waals surface area contributed by atoms with Crippen molar-refractivity contribution in [3.63, 3.8) is 0 Å². The van der Waals surface area contributed by atoms with Gasteiger partial charge in [-0.3, -0.25) is 13.8 Å². The number of ether oxygens (including phenoxy) is 1. The summed E-state index contributed by atoms with van der Waals surface area (Å²) in [5.74, 6) is -0.307. The summed E-state index contributed by atoms with van der Waals surface area (Å²) in [4.78, 5) is 12.9. The number of amides is 1. The summed E-state index contributed by atoms with van der Waals surface area (Å²) in [6.45, 7) is 1.41. The minimum absolute atomic E-state index is 0.0831. The van der Waals surface area contributed by atoms with Crippen molar-refractivity contribution >= 4 is 77.8 Å². The van der Waals surface area contributed by atoms with Crippen LogP contribution in [-0.4, -0.2) is 42.2 Å². The summed E-state index contributed by atoms with van der Waals surface area (Å²) in [5, 5.41) is 3.29. The van der Waals surface area contributed by atoms with Gasteiger partial charge in [0, 0.05) is 15.7 Å². The Kier molecular flexibility index (Phi) is 8.86. The second-order valence-electron chi connectivity index (χ2n) is 7.83. The second-order valence-corrected chi connectivity index (χ2v) is 12.7. The lowest BCUT2D eigenvalue weighted by molar-refractivity contribution is -0.116. The molecule has 0 saturated heterocycles. The predicted octanol–water partition coefficient (Wildman–Crippen LogP) is 5.25. The monoisotopic (exact) mass is 605 g/mol. The van der Waals surface area contributed by atoms with E-state index in [4.69, 9.17) is 39.5 Å². The number of hydrogen-bond donors (Lipinski definition) is 2. The van der Waals surface area contributed by atoms with Gasteiger partial charge in [-0.15, -0.1) is 0 Å². The summed E-state index contributed by atoms with van der Waals surface area (Å²) in [7, 11) is -6.44. The van der Waals surface area contributed by atoms with Crippen LogP contribution in [0.3, 0.4) is 0 Å². The standard InChI is InChI=1S/C23H22Cl3N3O6S2/c1-14(29(36(3,31)32)19-6-9-22(35-2)21(26)13-19)23(30)27-17-4-7-20(8-5-17)37(33,34)28-18-11-15(24)10-16(25)12-18/h4-14,28H,1-3H3,(H,27,30)/t14-/m0/s1. The van der Waals surface area contributed by atoms with Crippen LogP contribution in [0.25, 0.3) is 0 Å². The highest BCUT2D eigenvalue weighted by atomic mass is 35.5. The molecule has 0 aliphatic carbocycles. The van der Waals surface area contributed by atoms with E-state index < -0.39 is 32.0 Å². The second kappa shape index (κ2) is 11.4. The third-order valence-electron chi connectivity index (χ3n) is 5.03. The fourth-order valence-corrected chi connectivity index (χ4v) is 6.38. The topological polar surface area (TPSA) is 122 Å². The molecule has 3 aromatic carbocycles. The van der Waals surface area contributed by atoms with Crippen LogP contribution >= 0.6 is 34.8 Å². The first-order valence-electron chi connectivity index (χ1n) is 10.4. The van der Waals surface area contributed by atoms with E-state index in [1.807, 2.05) is 0 Å². The molecule has 1 atom stereocenters. The van der Waals surface area contributed by atoms with Gasteiger partial charge in [0.05, 0.1) is 34.7 Å². The summed E-state index contributed by atoms with van der Waals surface area (Å²) in [6, 6.07) is 12.8. The van der Waals surface area contributed by atoms with Gasteiger partial charge in [-0.2, -0.15) is 0 Å². The Hall–Kier alpha value is -2.70. The quantitative estimate of drug-likeness (QED) is 0.343. The lowest BCUT2D eigenvalue weighted by atomic mass is 10.2. The number of methoxy groups -OCH3 is 1. The number of benzene rings is 3. The molecule has 0 fully saturated rings. The number of rotatable bonds is 9. The van der Waals surface area contributed by atoms with Crippen molar-refractivity contribution in [2.45, 2.75) is 17.9 Å². The van der Waals surface area contributed by atoms with E-state index in [9.17, 15) is 21.6 Å². The van der Waals surface area contributed by atoms with Gasteiger partial charge in [0.1, 0.15) is 11.8 Å². The Labute approximate surface area is 230 Å². The third kappa shape index (κ3) is 7.20. The summed E-state index contributed by atoms with van der Waals surface area (Å²) < 4.78 is 58.9. The molecule has 0 heterocycles. The normalized spacial score (nSPS) is 12.5. The van der Waals surface area contributed by atoms with Crippen molar-refractivity contribution in [3.8, 4) is 5.75 Å². The van der Waals surface area contributed by atoms with Crippen molar-refractivity contribution in [1.82, 2.24) is 0 Å². The highest BCUT2D eigenvalue weighted by molar-refractivity contribution is 7.92. The minimum atomic E-state index is -3.98. The Morgan fingerprint density at radius 2 is 1.49 bits per heavy atom. The number of hydrogen-bond acceptors (Lipinski definition) is 6. The Morgan fingerprint density at radius 3 is 2.00 bits per heavy atom. The molecule has 0 saturated carbocycles. The van der Waals surface area contributed by atoms with E-state index in [1.165, 1.54) is 74.7 Å². The summed E-state index contributed by atoms with van der Waals surface area (Å²) >= 11 is 18.0. The molecule has 0 aliphatic heterocycles. The molecule has 0 unspecified atom stereocenters. The van der Waals surface area contributed by atoms with E-state index in [0.29, 0.717) is 5.75 Å². The minimum Gasteiger partial charge on any atom is -0.495 e. The van der Waals surface area contributed by atoms with Crippen LogP contribution in [0.4, 0.5) is 17.1 Å². The molecule has 0 bridgehead atoms. The zero-order chi connectivity index (χ0) is 27.5. The fourth-order valence-electron chi connectivity index (χ4n) is 3.39. The highest BCUT2D eigenvalue weighted by Crippen LogP contribution is 2.31. The smallest absolute Gasteiger partial charge is 0.261 e. The van der Waals surface area contributed by atoms with E-state index in [-0.39, 0.29) is 37.0 Å². The van der Waals surface area contributed by atoms with Crippen LogP contribution < -0.4 is 19.1 Å². The number of anilines is 3. The molecule has 2 N–H and O–H groups in total. The van der Waals surface area contributed by atoms with Crippen molar-refractivity contribution in [1.29, 1.82) is 0 Å². The maximum absolute atomic E-state index is 12.9. The number of sulfonamides is 2. The van der Waals surface area contributed by atoms with Crippen LogP contribution in [0.2, 0.25) is 15.1 Å². The van der Waals surface area contributed by atoms with Gasteiger partial charge in [-0.1, -0.05) is 34.8 Å². The Bertz CT molecular complexity index is 1510. The number of carbonyl (C=O) groups is 1. The first-order valence-corrected chi connectivity index (χ1v) is 14.9. The van der Waals surface area contributed by atoms with Gasteiger partial charge in [0.15, 0.2) is 0 Å². The summed E-state index contributed by atoms with van der Waals surface area (Å²) in [5.41, 5.74) is 0.607. The highest BCUT2D eigenvalue weighted by Gasteiger charge is 2.30. The van der Waals surface area contributed by atoms with E-state index >= 15 is 0 Å². The molecule has 14 heteroatoms. The van der Waals surface area contributed by atoms with Crippen LogP contribution in [0, 0.1) is 0 Å². The van der Waals surface area contributed by atoms with Crippen LogP contribution in [0.5, 0.6) is 5.75 Å². The van der Waals surface area contributed by atoms with Gasteiger partial charge in [-0.25, -0.2) is 16.8 Å². The molecular weight excluding hydrogens is 585 g/mol. The maximum Gasteiger partial charge on any atom is 0.261 e. The molecule has 1 amide bonds. The molecule has 0 aromatic heterocycles. The van der Waals surface area contributed by atoms with E-state index in [2.05, 4.69) is 10.0 Å². The first kappa shape index (κ1) is 28.9. The van der Waals surface area contributed by atoms with Gasteiger partial charge in [-0.05, 0) is 67.6 Å². The van der Waals surface area contributed by atoms with Gasteiger partial charge in [0.25, 0.3) is 10.0 Å². The molecule has 9 nitrogen and oxygen atoms in total. The Balaban J connectivity index is 1.78. The average molecular weight is 607 g/mol. The van der Waals surface area contributed by atoms with Gasteiger partial charge >= 0.3 is 0 Å². The van der Waals surface area contributed by atoms with Crippen molar-refractivity contribution in [2.75, 3.05) is 27.7 Å². The fraction of sp³-hybridized carbons (Fsp3) is 0.174. The molecule has 198 valence electrons. The largest absolute Gasteiger partial charge is 0.495 e. The molecule has 3 rings (SSSR count). The van der Waals surface area contributed by atoms with Crippen molar-refractivity contribution in [3.05, 3.63) is 75.7 Å². The van der Waals surface area contributed by atoms with E-state index in [0.717, 1.165) is 10.6 Å². The van der Waals surface area contributed by atoms with Crippen LogP contribution in [0.1, 0.15) is 6.92 Å². The molecule has 0 radical (unpaired) electrons. The average Bonchev–Trinajstić information content (AvgIpc) is 2.77. The van der Waals surface area contributed by atoms with E-state index in [1.54, 1.807) is 0 Å². The predicted molar refractivity (Wildman–Crippen MR) is 147 cm³/mol. The number of nitrogens with zero attached hydrogens (tertiary/aromatic N) is 1. The third-order valence-corrected chi connectivity index (χ3v) is 8.40. The van der Waals surface area contributed by atoms with Crippen molar-refractivity contribution < 1.29 is 26.4 Å². The van der Waals surface area contributed by atoms with Crippen molar-refractivity contribution in [2.24, 2.45) is 0 Å². The molecule has 0 spiro atoms. The SMILES string of the molecule is COc1ccc(N([C@@H](C)C(=O)Nc2ccc(S(=O)(=O)Nc3cc(Cl)cc(Cl)c3)cc2)S(C)(=O)=O)cc1Cl. The lowest BCUT2D eigenvalue weighted by Gasteiger charge is -2.28. The molecule has 0 aliphatic rings. The molecule has 37 heavy (non-hydrogen) atoms. The maximum atomic E-state index is 12.9. The number of halogens is 3. The lowest BCUT2D eigenvalue weighted by Crippen LogP contribution is -2.45. The van der Waals surface area contributed by atoms with Gasteiger partial charge in [0.2, 0.25) is 15.9 Å². The zero-order valence-electron chi connectivity index (χ0n) is 19.7. The van der Waals surface area contributed by atoms with Crippen LogP contribution in [0.15, 0.2) is 65.6 Å². The first-order chi connectivity index (χ1) is 17.2. The number of nitrogens with one attached hydrogen (secondary N) is 2. The zero-order valence-corrected chi connectivity index (χ0v) is 23.6. The summed E-state index contributed by atoms with van der Waals surface area (Å²) in [6.07, 6.45) is 0.967. The van der Waals surface area contributed by atoms with Crippen LogP contribution in [-0.2, 0) is 24.8 Å². The molecular formula is C23H22Cl3N3O6S2. The Morgan fingerprint density at radius 1 is 0.892 bits per heavy atom. The molecule has 3 aromatic rings.